The zero-order chi connectivity index (χ0) is 18.1. The van der Waals surface area contributed by atoms with Crippen molar-refractivity contribution in [1.29, 1.82) is 0 Å². The number of pyridine rings is 1. The summed E-state index contributed by atoms with van der Waals surface area (Å²) >= 11 is 1.97. The standard InChI is InChI=1S/C21H24N2O2S/c1-15-7-16(2)9-18(8-15)20(24)23-13-21(14-23)10-19(12-26-21)25-11-17-3-5-22-6-4-17/h3-9,19H,10-14H2,1-2H3. The number of thioether (sulfide) groups is 1. The highest BCUT2D eigenvalue weighted by molar-refractivity contribution is 8.01. The van der Waals surface area contributed by atoms with Crippen LogP contribution in [0, 0.1) is 13.8 Å². The van der Waals surface area contributed by atoms with Crippen LogP contribution in [0.25, 0.3) is 0 Å². The van der Waals surface area contributed by atoms with E-state index in [1.165, 1.54) is 0 Å². The number of aromatic nitrogens is 1. The first kappa shape index (κ1) is 17.6. The van der Waals surface area contributed by atoms with E-state index in [0.717, 1.165) is 47.5 Å². The van der Waals surface area contributed by atoms with Gasteiger partial charge in [0.1, 0.15) is 0 Å². The number of hydrogen-bond donors (Lipinski definition) is 0. The molecule has 0 bridgehead atoms. The van der Waals surface area contributed by atoms with Crippen molar-refractivity contribution in [1.82, 2.24) is 9.88 Å². The van der Waals surface area contributed by atoms with Gasteiger partial charge in [-0.25, -0.2) is 0 Å². The first-order valence-corrected chi connectivity index (χ1v) is 10.0. The monoisotopic (exact) mass is 368 g/mol. The lowest BCUT2D eigenvalue weighted by Crippen LogP contribution is -2.60. The van der Waals surface area contributed by atoms with E-state index in [1.807, 2.05) is 54.8 Å². The summed E-state index contributed by atoms with van der Waals surface area (Å²) in [6, 6.07) is 10.1. The average Bonchev–Trinajstić information content (AvgIpc) is 3.03. The highest BCUT2D eigenvalue weighted by atomic mass is 32.2. The Kier molecular flexibility index (Phi) is 4.76. The van der Waals surface area contributed by atoms with Gasteiger partial charge in [0.25, 0.3) is 5.91 Å². The molecule has 1 aromatic carbocycles. The van der Waals surface area contributed by atoms with Crippen LogP contribution in [0.3, 0.4) is 0 Å². The van der Waals surface area contributed by atoms with Crippen LogP contribution in [0.5, 0.6) is 0 Å². The van der Waals surface area contributed by atoms with E-state index in [2.05, 4.69) is 11.1 Å². The first-order chi connectivity index (χ1) is 12.5. The van der Waals surface area contributed by atoms with Crippen molar-refractivity contribution in [2.24, 2.45) is 0 Å². The van der Waals surface area contributed by atoms with E-state index in [1.54, 1.807) is 12.4 Å². The van der Waals surface area contributed by atoms with E-state index in [9.17, 15) is 4.79 Å². The van der Waals surface area contributed by atoms with Crippen LogP contribution in [-0.4, -0.2) is 45.5 Å². The van der Waals surface area contributed by atoms with Crippen LogP contribution < -0.4 is 0 Å². The highest BCUT2D eigenvalue weighted by Gasteiger charge is 2.51. The van der Waals surface area contributed by atoms with Gasteiger partial charge in [0.15, 0.2) is 0 Å². The number of aryl methyl sites for hydroxylation is 2. The van der Waals surface area contributed by atoms with Crippen LogP contribution in [0.1, 0.15) is 33.5 Å². The van der Waals surface area contributed by atoms with E-state index in [-0.39, 0.29) is 16.8 Å². The Hall–Kier alpha value is -1.85. The third-order valence-electron chi connectivity index (χ3n) is 5.12. The Morgan fingerprint density at radius 2 is 1.92 bits per heavy atom. The van der Waals surface area contributed by atoms with E-state index in [0.29, 0.717) is 6.61 Å². The Balaban J connectivity index is 1.30. The zero-order valence-corrected chi connectivity index (χ0v) is 16.1. The number of nitrogens with zero attached hydrogens (tertiary/aromatic N) is 2. The van der Waals surface area contributed by atoms with Crippen molar-refractivity contribution in [3.8, 4) is 0 Å². The number of benzene rings is 1. The van der Waals surface area contributed by atoms with Crippen molar-refractivity contribution in [3.05, 3.63) is 65.0 Å². The summed E-state index contributed by atoms with van der Waals surface area (Å²) in [5, 5.41) is 0. The fourth-order valence-corrected chi connectivity index (χ4v) is 5.45. The maximum Gasteiger partial charge on any atom is 0.253 e. The van der Waals surface area contributed by atoms with Crippen LogP contribution in [0.4, 0.5) is 0 Å². The minimum Gasteiger partial charge on any atom is -0.373 e. The van der Waals surface area contributed by atoms with Crippen molar-refractivity contribution in [2.45, 2.75) is 37.7 Å². The third-order valence-corrected chi connectivity index (χ3v) is 6.70. The maximum absolute atomic E-state index is 12.7. The Morgan fingerprint density at radius 3 is 2.62 bits per heavy atom. The largest absolute Gasteiger partial charge is 0.373 e. The molecule has 1 unspecified atom stereocenters. The summed E-state index contributed by atoms with van der Waals surface area (Å²) in [6.45, 7) is 6.38. The topological polar surface area (TPSA) is 42.4 Å². The van der Waals surface area contributed by atoms with Crippen LogP contribution in [0.2, 0.25) is 0 Å². The molecular formula is C21H24N2O2S. The SMILES string of the molecule is Cc1cc(C)cc(C(=O)N2CC3(CC(OCc4ccncc4)CS3)C2)c1. The first-order valence-electron chi connectivity index (χ1n) is 9.05. The summed E-state index contributed by atoms with van der Waals surface area (Å²) in [4.78, 5) is 18.8. The highest BCUT2D eigenvalue weighted by Crippen LogP contribution is 2.46. The van der Waals surface area contributed by atoms with Gasteiger partial charge in [-0.2, -0.15) is 0 Å². The lowest BCUT2D eigenvalue weighted by Gasteiger charge is -2.47. The van der Waals surface area contributed by atoms with Crippen molar-refractivity contribution < 1.29 is 9.53 Å². The predicted octanol–water partition coefficient (Wildman–Crippen LogP) is 3.62. The van der Waals surface area contributed by atoms with Gasteiger partial charge in [0, 0.05) is 36.8 Å². The molecule has 2 saturated heterocycles. The molecule has 5 heteroatoms. The third kappa shape index (κ3) is 3.64. The second-order valence-corrected chi connectivity index (χ2v) is 9.01. The predicted molar refractivity (Wildman–Crippen MR) is 104 cm³/mol. The Labute approximate surface area is 159 Å². The van der Waals surface area contributed by atoms with E-state index in [4.69, 9.17) is 4.74 Å². The molecule has 2 aliphatic rings. The molecule has 2 aliphatic heterocycles. The van der Waals surface area contributed by atoms with Gasteiger partial charge >= 0.3 is 0 Å². The number of likely N-dealkylation sites (tertiary alicyclic amines) is 1. The normalized spacial score (nSPS) is 21.0. The molecule has 1 spiro atoms. The second-order valence-electron chi connectivity index (χ2n) is 7.52. The lowest BCUT2D eigenvalue weighted by atomic mass is 9.92. The van der Waals surface area contributed by atoms with Crippen LogP contribution >= 0.6 is 11.8 Å². The van der Waals surface area contributed by atoms with E-state index < -0.39 is 0 Å². The summed E-state index contributed by atoms with van der Waals surface area (Å²) < 4.78 is 6.27. The number of rotatable bonds is 4. The molecule has 2 fully saturated rings. The molecule has 26 heavy (non-hydrogen) atoms. The summed E-state index contributed by atoms with van der Waals surface area (Å²) in [5.41, 5.74) is 4.25. The van der Waals surface area contributed by atoms with Gasteiger partial charge in [-0.3, -0.25) is 9.78 Å². The van der Waals surface area contributed by atoms with Crippen LogP contribution in [-0.2, 0) is 11.3 Å². The molecule has 0 saturated carbocycles. The van der Waals surface area contributed by atoms with Crippen molar-refractivity contribution >= 4 is 17.7 Å². The molecule has 136 valence electrons. The lowest BCUT2D eigenvalue weighted by molar-refractivity contribution is 0.0255. The Bertz CT molecular complexity index is 783. The minimum absolute atomic E-state index is 0.157. The molecule has 1 amide bonds. The molecule has 0 N–H and O–H groups in total. The Morgan fingerprint density at radius 1 is 1.23 bits per heavy atom. The van der Waals surface area contributed by atoms with Crippen molar-refractivity contribution in [3.63, 3.8) is 0 Å². The zero-order valence-electron chi connectivity index (χ0n) is 15.3. The van der Waals surface area contributed by atoms with Gasteiger partial charge in [0.05, 0.1) is 17.5 Å². The van der Waals surface area contributed by atoms with Gasteiger partial charge in [-0.15, -0.1) is 11.8 Å². The molecular weight excluding hydrogens is 344 g/mol. The van der Waals surface area contributed by atoms with E-state index >= 15 is 0 Å². The fraction of sp³-hybridized carbons (Fsp3) is 0.429. The molecule has 2 aromatic rings. The van der Waals surface area contributed by atoms with Crippen LogP contribution in [0.15, 0.2) is 42.7 Å². The number of ether oxygens (including phenoxy) is 1. The summed E-state index contributed by atoms with van der Waals surface area (Å²) in [7, 11) is 0. The molecule has 4 nitrogen and oxygen atoms in total. The van der Waals surface area contributed by atoms with Gasteiger partial charge in [-0.1, -0.05) is 17.2 Å². The number of carbonyl (C=O) groups is 1. The van der Waals surface area contributed by atoms with Crippen molar-refractivity contribution in [2.75, 3.05) is 18.8 Å². The van der Waals surface area contributed by atoms with Gasteiger partial charge in [0.2, 0.25) is 0 Å². The molecule has 4 rings (SSSR count). The molecule has 0 radical (unpaired) electrons. The number of hydrogen-bond acceptors (Lipinski definition) is 4. The maximum atomic E-state index is 12.7. The molecule has 1 aromatic heterocycles. The molecule has 3 heterocycles. The smallest absolute Gasteiger partial charge is 0.253 e. The molecule has 1 atom stereocenters. The second kappa shape index (κ2) is 7.05. The average molecular weight is 369 g/mol. The number of carbonyl (C=O) groups excluding carboxylic acids is 1. The van der Waals surface area contributed by atoms with Gasteiger partial charge < -0.3 is 9.64 Å². The minimum atomic E-state index is 0.157. The summed E-state index contributed by atoms with van der Waals surface area (Å²) in [5.74, 6) is 1.17. The fourth-order valence-electron chi connectivity index (χ4n) is 3.90. The quantitative estimate of drug-likeness (QED) is 0.827. The summed E-state index contributed by atoms with van der Waals surface area (Å²) in [6.07, 6.45) is 4.89. The number of amides is 1. The van der Waals surface area contributed by atoms with Gasteiger partial charge in [-0.05, 0) is 50.1 Å². The molecule has 0 aliphatic carbocycles.